The molecular weight excluding hydrogens is 196 g/mol. The fraction of sp³-hybridized carbons (Fsp3) is 1.00. The second-order valence-electron chi connectivity index (χ2n) is 5.56. The lowest BCUT2D eigenvalue weighted by Crippen LogP contribution is -2.45. The highest BCUT2D eigenvalue weighted by atomic mass is 15.1. The van der Waals surface area contributed by atoms with Gasteiger partial charge in [0.1, 0.15) is 0 Å². The molecule has 0 saturated heterocycles. The number of nitrogens with zero attached hydrogens (tertiary/aromatic N) is 1. The minimum absolute atomic E-state index is 0.813. The largest absolute Gasteiger partial charge is 0.313 e. The minimum atomic E-state index is 0.813. The summed E-state index contributed by atoms with van der Waals surface area (Å²) < 4.78 is 0. The summed E-state index contributed by atoms with van der Waals surface area (Å²) in [6.07, 6.45) is 4.07. The van der Waals surface area contributed by atoms with Crippen molar-refractivity contribution in [1.29, 1.82) is 0 Å². The van der Waals surface area contributed by atoms with Crippen molar-refractivity contribution in [2.75, 3.05) is 26.2 Å². The molecule has 1 aliphatic carbocycles. The molecule has 1 rings (SSSR count). The number of rotatable bonds is 8. The number of hydrogen-bond donors (Lipinski definition) is 1. The molecule has 0 amide bonds. The van der Waals surface area contributed by atoms with Crippen LogP contribution in [0.2, 0.25) is 0 Å². The highest BCUT2D eigenvalue weighted by molar-refractivity contribution is 4.86. The first-order valence-electron chi connectivity index (χ1n) is 7.13. The van der Waals surface area contributed by atoms with Gasteiger partial charge in [-0.05, 0) is 44.2 Å². The average molecular weight is 226 g/mol. The van der Waals surface area contributed by atoms with Gasteiger partial charge in [0.2, 0.25) is 0 Å². The first-order chi connectivity index (χ1) is 7.67. The molecular formula is C14H30N2. The minimum Gasteiger partial charge on any atom is -0.313 e. The lowest BCUT2D eigenvalue weighted by Gasteiger charge is -2.39. The van der Waals surface area contributed by atoms with Gasteiger partial charge in [-0.1, -0.05) is 27.7 Å². The van der Waals surface area contributed by atoms with Gasteiger partial charge < -0.3 is 10.2 Å². The van der Waals surface area contributed by atoms with Gasteiger partial charge in [-0.2, -0.15) is 0 Å². The normalized spacial score (nSPS) is 25.1. The Labute approximate surface area is 102 Å². The summed E-state index contributed by atoms with van der Waals surface area (Å²) in [5.41, 5.74) is 0. The zero-order chi connectivity index (χ0) is 12.0. The zero-order valence-electron chi connectivity index (χ0n) is 11.6. The van der Waals surface area contributed by atoms with Gasteiger partial charge in [-0.3, -0.25) is 0 Å². The van der Waals surface area contributed by atoms with Crippen molar-refractivity contribution in [3.05, 3.63) is 0 Å². The van der Waals surface area contributed by atoms with Crippen molar-refractivity contribution in [2.45, 2.75) is 53.0 Å². The third-order valence-corrected chi connectivity index (χ3v) is 3.97. The molecule has 2 nitrogen and oxygen atoms in total. The van der Waals surface area contributed by atoms with Gasteiger partial charge in [0, 0.05) is 19.1 Å². The molecule has 0 radical (unpaired) electrons. The molecule has 0 unspecified atom stereocenters. The zero-order valence-corrected chi connectivity index (χ0v) is 11.6. The molecule has 16 heavy (non-hydrogen) atoms. The Bertz CT molecular complexity index is 174. The van der Waals surface area contributed by atoms with E-state index in [0.717, 1.165) is 17.9 Å². The van der Waals surface area contributed by atoms with Crippen LogP contribution in [0.25, 0.3) is 0 Å². The number of nitrogens with one attached hydrogen (secondary N) is 1. The van der Waals surface area contributed by atoms with Crippen LogP contribution < -0.4 is 5.32 Å². The molecule has 0 bridgehead atoms. The smallest absolute Gasteiger partial charge is 0.0107 e. The molecule has 0 aromatic carbocycles. The van der Waals surface area contributed by atoms with Crippen molar-refractivity contribution in [3.63, 3.8) is 0 Å². The summed E-state index contributed by atoms with van der Waals surface area (Å²) >= 11 is 0. The summed E-state index contributed by atoms with van der Waals surface area (Å²) in [4.78, 5) is 2.53. The standard InChI is InChI=1S/C14H30N2/c1-5-8-16(6-2)9-7-15-14-10-13(11-14)12(3)4/h12-15H,5-11H2,1-4H3. The van der Waals surface area contributed by atoms with E-state index in [1.165, 1.54) is 45.4 Å². The molecule has 0 heterocycles. The van der Waals surface area contributed by atoms with E-state index in [-0.39, 0.29) is 0 Å². The fourth-order valence-corrected chi connectivity index (χ4v) is 2.54. The molecule has 1 N–H and O–H groups in total. The third-order valence-electron chi connectivity index (χ3n) is 3.97. The third kappa shape index (κ3) is 4.42. The maximum absolute atomic E-state index is 3.69. The van der Waals surface area contributed by atoms with Crippen molar-refractivity contribution < 1.29 is 0 Å². The predicted octanol–water partition coefficient (Wildman–Crippen LogP) is 2.74. The topological polar surface area (TPSA) is 15.3 Å². The Morgan fingerprint density at radius 1 is 1.19 bits per heavy atom. The van der Waals surface area contributed by atoms with Gasteiger partial charge in [0.05, 0.1) is 0 Å². The van der Waals surface area contributed by atoms with E-state index in [1.807, 2.05) is 0 Å². The Morgan fingerprint density at radius 3 is 2.38 bits per heavy atom. The quantitative estimate of drug-likeness (QED) is 0.684. The lowest BCUT2D eigenvalue weighted by molar-refractivity contribution is 0.163. The van der Waals surface area contributed by atoms with Crippen LogP contribution in [0.1, 0.15) is 47.0 Å². The summed E-state index contributed by atoms with van der Waals surface area (Å²) in [7, 11) is 0. The Balaban J connectivity index is 2.00. The van der Waals surface area contributed by atoms with Crippen LogP contribution in [0.5, 0.6) is 0 Å². The van der Waals surface area contributed by atoms with Crippen LogP contribution >= 0.6 is 0 Å². The first kappa shape index (κ1) is 14.0. The van der Waals surface area contributed by atoms with E-state index in [9.17, 15) is 0 Å². The summed E-state index contributed by atoms with van der Waals surface area (Å²) in [6, 6.07) is 0.813. The fourth-order valence-electron chi connectivity index (χ4n) is 2.54. The average Bonchev–Trinajstić information content (AvgIpc) is 2.18. The number of hydrogen-bond acceptors (Lipinski definition) is 2. The molecule has 1 fully saturated rings. The van der Waals surface area contributed by atoms with Gasteiger partial charge in [-0.25, -0.2) is 0 Å². The SMILES string of the molecule is CCCN(CC)CCNC1CC(C(C)C)C1. The van der Waals surface area contributed by atoms with Crippen LogP contribution in [0.3, 0.4) is 0 Å². The molecule has 0 aromatic rings. The first-order valence-corrected chi connectivity index (χ1v) is 7.13. The van der Waals surface area contributed by atoms with Gasteiger partial charge in [0.25, 0.3) is 0 Å². The number of likely N-dealkylation sites (N-methyl/N-ethyl adjacent to an activating group) is 1. The monoisotopic (exact) mass is 226 g/mol. The molecule has 96 valence electrons. The Kier molecular flexibility index (Phi) is 6.37. The van der Waals surface area contributed by atoms with Crippen LogP contribution in [-0.2, 0) is 0 Å². The Hall–Kier alpha value is -0.0800. The summed E-state index contributed by atoms with van der Waals surface area (Å²) in [5, 5.41) is 3.69. The molecule has 2 heteroatoms. The molecule has 0 spiro atoms. The molecule has 1 saturated carbocycles. The molecule has 0 aromatic heterocycles. The van der Waals surface area contributed by atoms with E-state index in [0.29, 0.717) is 0 Å². The van der Waals surface area contributed by atoms with Crippen molar-refractivity contribution in [1.82, 2.24) is 10.2 Å². The Morgan fingerprint density at radius 2 is 1.88 bits per heavy atom. The maximum Gasteiger partial charge on any atom is 0.0107 e. The van der Waals surface area contributed by atoms with E-state index >= 15 is 0 Å². The van der Waals surface area contributed by atoms with Crippen LogP contribution in [-0.4, -0.2) is 37.1 Å². The lowest BCUT2D eigenvalue weighted by atomic mass is 9.74. The summed E-state index contributed by atoms with van der Waals surface area (Å²) in [6.45, 7) is 14.0. The van der Waals surface area contributed by atoms with Gasteiger partial charge in [0.15, 0.2) is 0 Å². The van der Waals surface area contributed by atoms with E-state index in [4.69, 9.17) is 0 Å². The maximum atomic E-state index is 3.69. The highest BCUT2D eigenvalue weighted by Crippen LogP contribution is 2.33. The second kappa shape index (κ2) is 7.29. The highest BCUT2D eigenvalue weighted by Gasteiger charge is 2.30. The van der Waals surface area contributed by atoms with E-state index in [2.05, 4.69) is 37.9 Å². The molecule has 0 atom stereocenters. The predicted molar refractivity (Wildman–Crippen MR) is 71.8 cm³/mol. The van der Waals surface area contributed by atoms with Crippen molar-refractivity contribution in [3.8, 4) is 0 Å². The van der Waals surface area contributed by atoms with Gasteiger partial charge in [-0.15, -0.1) is 0 Å². The van der Waals surface area contributed by atoms with Crippen molar-refractivity contribution in [2.24, 2.45) is 11.8 Å². The second-order valence-corrected chi connectivity index (χ2v) is 5.56. The van der Waals surface area contributed by atoms with Gasteiger partial charge >= 0.3 is 0 Å². The molecule has 1 aliphatic rings. The van der Waals surface area contributed by atoms with E-state index in [1.54, 1.807) is 0 Å². The van der Waals surface area contributed by atoms with E-state index < -0.39 is 0 Å². The van der Waals surface area contributed by atoms with Crippen LogP contribution in [0, 0.1) is 11.8 Å². The summed E-state index contributed by atoms with van der Waals surface area (Å²) in [5.74, 6) is 1.86. The van der Waals surface area contributed by atoms with Crippen LogP contribution in [0.15, 0.2) is 0 Å². The molecule has 0 aliphatic heterocycles. The van der Waals surface area contributed by atoms with Crippen molar-refractivity contribution >= 4 is 0 Å². The van der Waals surface area contributed by atoms with Crippen LogP contribution in [0.4, 0.5) is 0 Å².